The van der Waals surface area contributed by atoms with E-state index in [1.165, 1.54) is 12.1 Å². The lowest BCUT2D eigenvalue weighted by molar-refractivity contribution is -0.119. The third-order valence-electron chi connectivity index (χ3n) is 2.64. The van der Waals surface area contributed by atoms with Crippen molar-refractivity contribution in [3.8, 4) is 0 Å². The number of nitrogens with one attached hydrogen (secondary N) is 1. The van der Waals surface area contributed by atoms with Crippen molar-refractivity contribution in [3.63, 3.8) is 0 Å². The van der Waals surface area contributed by atoms with E-state index in [1.807, 2.05) is 0 Å². The van der Waals surface area contributed by atoms with Gasteiger partial charge in [0.25, 0.3) is 0 Å². The van der Waals surface area contributed by atoms with Gasteiger partial charge in [0.15, 0.2) is 0 Å². The topological polar surface area (TPSA) is 115 Å². The molecule has 0 spiro atoms. The Labute approximate surface area is 129 Å². The largest absolute Gasteiger partial charge is 0.393 e. The molecular formula is C13H19N3O3S2. The highest BCUT2D eigenvalue weighted by atomic mass is 32.2. The molecule has 0 aliphatic rings. The fourth-order valence-electron chi connectivity index (χ4n) is 1.88. The second-order valence-electron chi connectivity index (χ2n) is 5.42. The molecule has 0 unspecified atom stereocenters. The lowest BCUT2D eigenvalue weighted by Gasteiger charge is -2.24. The number of benzene rings is 1. The molecule has 0 radical (unpaired) electrons. The highest BCUT2D eigenvalue weighted by molar-refractivity contribution is 7.89. The Morgan fingerprint density at radius 2 is 1.76 bits per heavy atom. The van der Waals surface area contributed by atoms with Crippen molar-refractivity contribution in [1.82, 2.24) is 4.72 Å². The number of rotatable bonds is 7. The molecule has 1 aromatic rings. The second-order valence-corrected chi connectivity index (χ2v) is 7.63. The maximum Gasteiger partial charge on any atom is 0.241 e. The molecule has 0 fully saturated rings. The monoisotopic (exact) mass is 329 g/mol. The molecule has 0 aliphatic heterocycles. The van der Waals surface area contributed by atoms with E-state index in [-0.39, 0.29) is 11.3 Å². The smallest absolute Gasteiger partial charge is 0.241 e. The number of sulfonamides is 1. The molecule has 0 saturated carbocycles. The number of carbonyl (C=O) groups excluding carboxylic acids is 1. The van der Waals surface area contributed by atoms with Gasteiger partial charge in [-0.25, -0.2) is 13.1 Å². The molecule has 21 heavy (non-hydrogen) atoms. The summed E-state index contributed by atoms with van der Waals surface area (Å²) in [5, 5.41) is 0. The van der Waals surface area contributed by atoms with Crippen LogP contribution in [0, 0.1) is 0 Å². The van der Waals surface area contributed by atoms with E-state index in [0.29, 0.717) is 11.4 Å². The summed E-state index contributed by atoms with van der Waals surface area (Å²) in [7, 11) is -3.73. The van der Waals surface area contributed by atoms with Crippen molar-refractivity contribution < 1.29 is 13.2 Å². The van der Waals surface area contributed by atoms with Crippen LogP contribution in [0.2, 0.25) is 0 Å². The predicted octanol–water partition coefficient (Wildman–Crippen LogP) is 0.448. The lowest BCUT2D eigenvalue weighted by atomic mass is 10.0. The molecule has 0 saturated heterocycles. The number of thiocarbonyl (C=S) groups is 1. The van der Waals surface area contributed by atoms with Crippen molar-refractivity contribution in [2.24, 2.45) is 11.5 Å². The van der Waals surface area contributed by atoms with E-state index in [0.717, 1.165) is 5.56 Å². The van der Waals surface area contributed by atoms with E-state index in [4.69, 9.17) is 23.7 Å². The zero-order chi connectivity index (χ0) is 16.3. The summed E-state index contributed by atoms with van der Waals surface area (Å²) in [4.78, 5) is 11.4. The first-order valence-corrected chi connectivity index (χ1v) is 8.10. The van der Waals surface area contributed by atoms with Crippen LogP contribution in [-0.2, 0) is 21.2 Å². The Kier molecular flexibility index (Phi) is 5.43. The van der Waals surface area contributed by atoms with Crippen molar-refractivity contribution in [2.75, 3.05) is 0 Å². The van der Waals surface area contributed by atoms with E-state index in [1.54, 1.807) is 26.0 Å². The fraction of sp³-hybridized carbons (Fsp3) is 0.385. The normalized spacial score (nSPS) is 12.1. The molecular weight excluding hydrogens is 310 g/mol. The molecule has 0 atom stereocenters. The predicted molar refractivity (Wildman–Crippen MR) is 85.1 cm³/mol. The minimum absolute atomic E-state index is 0.0915. The Hall–Kier alpha value is -1.51. The number of carbonyl (C=O) groups is 1. The van der Waals surface area contributed by atoms with Crippen molar-refractivity contribution >= 4 is 33.1 Å². The molecule has 0 bridgehead atoms. The summed E-state index contributed by atoms with van der Waals surface area (Å²) in [5.41, 5.74) is 10.4. The van der Waals surface area contributed by atoms with Crippen LogP contribution >= 0.6 is 12.2 Å². The van der Waals surface area contributed by atoms with Crippen molar-refractivity contribution in [3.05, 3.63) is 29.8 Å². The van der Waals surface area contributed by atoms with Crippen LogP contribution in [0.4, 0.5) is 0 Å². The molecule has 0 aromatic heterocycles. The van der Waals surface area contributed by atoms with Crippen molar-refractivity contribution in [1.29, 1.82) is 0 Å². The maximum atomic E-state index is 12.2. The maximum absolute atomic E-state index is 12.2. The Balaban J connectivity index is 2.92. The lowest BCUT2D eigenvalue weighted by Crippen LogP contribution is -2.45. The first kappa shape index (κ1) is 17.5. The summed E-state index contributed by atoms with van der Waals surface area (Å²) in [6.07, 6.45) is 0.321. The van der Waals surface area contributed by atoms with Gasteiger partial charge >= 0.3 is 0 Å². The molecule has 0 aliphatic carbocycles. The number of nitrogens with two attached hydrogens (primary N) is 2. The molecule has 1 aromatic carbocycles. The Bertz CT molecular complexity index is 637. The van der Waals surface area contributed by atoms with Crippen LogP contribution in [0.3, 0.4) is 0 Å². The van der Waals surface area contributed by atoms with E-state index in [9.17, 15) is 13.2 Å². The SMILES string of the molecule is CC(C)(CC(N)=O)NS(=O)(=O)c1ccc(CC(N)=S)cc1. The summed E-state index contributed by atoms with van der Waals surface area (Å²) in [6, 6.07) is 6.23. The van der Waals surface area contributed by atoms with Gasteiger partial charge in [0.05, 0.1) is 9.88 Å². The fourth-order valence-corrected chi connectivity index (χ4v) is 3.46. The van der Waals surface area contributed by atoms with Gasteiger partial charge < -0.3 is 11.5 Å². The zero-order valence-electron chi connectivity index (χ0n) is 11.9. The van der Waals surface area contributed by atoms with Crippen LogP contribution in [0.15, 0.2) is 29.2 Å². The molecule has 5 N–H and O–H groups in total. The van der Waals surface area contributed by atoms with Gasteiger partial charge in [0.1, 0.15) is 0 Å². The van der Waals surface area contributed by atoms with Gasteiger partial charge in [-0.15, -0.1) is 0 Å². The summed E-state index contributed by atoms with van der Waals surface area (Å²) >= 11 is 4.80. The highest BCUT2D eigenvalue weighted by Gasteiger charge is 2.27. The minimum atomic E-state index is -3.73. The summed E-state index contributed by atoms with van der Waals surface area (Å²) in [6.45, 7) is 3.19. The third-order valence-corrected chi connectivity index (χ3v) is 4.50. The minimum Gasteiger partial charge on any atom is -0.393 e. The Morgan fingerprint density at radius 1 is 1.24 bits per heavy atom. The van der Waals surface area contributed by atoms with Crippen LogP contribution in [0.5, 0.6) is 0 Å². The van der Waals surface area contributed by atoms with Crippen LogP contribution < -0.4 is 16.2 Å². The number of primary amides is 1. The molecule has 6 nitrogen and oxygen atoms in total. The van der Waals surface area contributed by atoms with Gasteiger partial charge in [0, 0.05) is 18.4 Å². The average molecular weight is 329 g/mol. The zero-order valence-corrected chi connectivity index (χ0v) is 13.6. The number of hydrogen-bond acceptors (Lipinski definition) is 4. The molecule has 0 heterocycles. The van der Waals surface area contributed by atoms with Gasteiger partial charge in [-0.3, -0.25) is 4.79 Å². The Morgan fingerprint density at radius 3 is 2.19 bits per heavy atom. The van der Waals surface area contributed by atoms with Gasteiger partial charge in [-0.05, 0) is 31.5 Å². The molecule has 8 heteroatoms. The second kappa shape index (κ2) is 6.50. The van der Waals surface area contributed by atoms with Gasteiger partial charge in [0.2, 0.25) is 15.9 Å². The number of amides is 1. The van der Waals surface area contributed by atoms with Gasteiger partial charge in [-0.2, -0.15) is 0 Å². The van der Waals surface area contributed by atoms with E-state index in [2.05, 4.69) is 4.72 Å². The summed E-state index contributed by atoms with van der Waals surface area (Å²) < 4.78 is 27.0. The first-order chi connectivity index (χ1) is 9.52. The third kappa shape index (κ3) is 5.78. The summed E-state index contributed by atoms with van der Waals surface area (Å²) in [5.74, 6) is -0.575. The van der Waals surface area contributed by atoms with E-state index >= 15 is 0 Å². The standard InChI is InChI=1S/C13H19N3O3S2/c1-13(2,8-11(14)17)16-21(18,19)10-5-3-9(4-6-10)7-12(15)20/h3-6,16H,7-8H2,1-2H3,(H2,14,17)(H2,15,20). The highest BCUT2D eigenvalue weighted by Crippen LogP contribution is 2.16. The van der Waals surface area contributed by atoms with Crippen molar-refractivity contribution in [2.45, 2.75) is 37.1 Å². The van der Waals surface area contributed by atoms with Crippen LogP contribution in [0.25, 0.3) is 0 Å². The molecule has 1 rings (SSSR count). The van der Waals surface area contributed by atoms with Crippen LogP contribution in [-0.4, -0.2) is 24.9 Å². The molecule has 1 amide bonds. The quantitative estimate of drug-likeness (QED) is 0.628. The molecule has 116 valence electrons. The van der Waals surface area contributed by atoms with Crippen LogP contribution in [0.1, 0.15) is 25.8 Å². The van der Waals surface area contributed by atoms with E-state index < -0.39 is 21.5 Å². The number of hydrogen-bond donors (Lipinski definition) is 3. The first-order valence-electron chi connectivity index (χ1n) is 6.21. The average Bonchev–Trinajstić information content (AvgIpc) is 2.24. The van der Waals surface area contributed by atoms with Gasteiger partial charge in [-0.1, -0.05) is 24.4 Å².